The van der Waals surface area contributed by atoms with E-state index in [1.54, 1.807) is 6.07 Å². The fourth-order valence-corrected chi connectivity index (χ4v) is 1.58. The van der Waals surface area contributed by atoms with Crippen LogP contribution < -0.4 is 0 Å². The van der Waals surface area contributed by atoms with E-state index >= 15 is 0 Å². The Morgan fingerprint density at radius 2 is 2.31 bits per heavy atom. The Balaban J connectivity index is 2.52. The van der Waals surface area contributed by atoms with Crippen LogP contribution in [0.4, 0.5) is 0 Å². The van der Waals surface area contributed by atoms with Crippen molar-refractivity contribution in [2.24, 2.45) is 0 Å². The largest absolute Gasteiger partial charge is 0.465 e. The van der Waals surface area contributed by atoms with Crippen LogP contribution in [-0.4, -0.2) is 13.1 Å². The van der Waals surface area contributed by atoms with Gasteiger partial charge in [0.25, 0.3) is 0 Å². The van der Waals surface area contributed by atoms with Crippen LogP contribution in [0.2, 0.25) is 0 Å². The summed E-state index contributed by atoms with van der Waals surface area (Å²) in [5.74, 6) is -0.261. The van der Waals surface area contributed by atoms with Crippen molar-refractivity contribution in [2.45, 2.75) is 6.42 Å². The maximum atomic E-state index is 11.3. The van der Waals surface area contributed by atoms with Crippen LogP contribution in [0.15, 0.2) is 24.3 Å². The highest BCUT2D eigenvalue weighted by molar-refractivity contribution is 5.94. The Hall–Kier alpha value is -1.57. The summed E-state index contributed by atoms with van der Waals surface area (Å²) < 4.78 is 4.69. The molecule has 0 unspecified atom stereocenters. The standard InChI is InChI=1S/C11H10O2/c1-13-11(12)10-7-3-5-8-4-2-6-9(8)10/h2-3,5-7H,4H2,1H3. The third kappa shape index (κ3) is 1.24. The molecule has 1 aromatic carbocycles. The molecule has 2 heteroatoms. The first-order chi connectivity index (χ1) is 6.33. The number of allylic oxidation sites excluding steroid dienone is 1. The fourth-order valence-electron chi connectivity index (χ4n) is 1.58. The summed E-state index contributed by atoms with van der Waals surface area (Å²) in [4.78, 5) is 11.3. The van der Waals surface area contributed by atoms with E-state index in [0.717, 1.165) is 12.0 Å². The second-order valence-corrected chi connectivity index (χ2v) is 2.98. The number of carbonyl (C=O) groups is 1. The van der Waals surface area contributed by atoms with Gasteiger partial charge in [-0.1, -0.05) is 24.3 Å². The molecule has 0 N–H and O–H groups in total. The predicted octanol–water partition coefficient (Wildman–Crippen LogP) is 2.04. The summed E-state index contributed by atoms with van der Waals surface area (Å²) in [6, 6.07) is 5.71. The Labute approximate surface area is 76.8 Å². The fraction of sp³-hybridized carbons (Fsp3) is 0.182. The maximum Gasteiger partial charge on any atom is 0.338 e. The van der Waals surface area contributed by atoms with Crippen molar-refractivity contribution < 1.29 is 9.53 Å². The second-order valence-electron chi connectivity index (χ2n) is 2.98. The molecule has 0 aliphatic heterocycles. The van der Waals surface area contributed by atoms with Gasteiger partial charge < -0.3 is 4.74 Å². The van der Waals surface area contributed by atoms with Crippen molar-refractivity contribution in [3.05, 3.63) is 41.0 Å². The first kappa shape index (κ1) is 8.05. The summed E-state index contributed by atoms with van der Waals surface area (Å²) in [5.41, 5.74) is 2.87. The molecule has 2 rings (SSSR count). The van der Waals surface area contributed by atoms with Crippen molar-refractivity contribution >= 4 is 12.0 Å². The number of hydrogen-bond donors (Lipinski definition) is 0. The topological polar surface area (TPSA) is 26.3 Å². The van der Waals surface area contributed by atoms with Gasteiger partial charge in [0.05, 0.1) is 12.7 Å². The van der Waals surface area contributed by atoms with Gasteiger partial charge in [-0.15, -0.1) is 0 Å². The first-order valence-electron chi connectivity index (χ1n) is 4.19. The zero-order chi connectivity index (χ0) is 9.26. The van der Waals surface area contributed by atoms with E-state index in [9.17, 15) is 4.79 Å². The molecule has 1 aliphatic carbocycles. The van der Waals surface area contributed by atoms with E-state index < -0.39 is 0 Å². The van der Waals surface area contributed by atoms with Crippen LogP contribution in [0, 0.1) is 0 Å². The summed E-state index contributed by atoms with van der Waals surface area (Å²) >= 11 is 0. The number of benzene rings is 1. The van der Waals surface area contributed by atoms with Crippen LogP contribution in [0.25, 0.3) is 6.08 Å². The molecule has 0 spiro atoms. The molecule has 0 bridgehead atoms. The number of hydrogen-bond acceptors (Lipinski definition) is 2. The summed E-state index contributed by atoms with van der Waals surface area (Å²) in [7, 11) is 1.40. The van der Waals surface area contributed by atoms with Crippen molar-refractivity contribution in [3.63, 3.8) is 0 Å². The molecule has 66 valence electrons. The summed E-state index contributed by atoms with van der Waals surface area (Å²) in [5, 5.41) is 0. The average Bonchev–Trinajstić information content (AvgIpc) is 2.63. The second kappa shape index (κ2) is 3.05. The molecule has 1 aliphatic rings. The van der Waals surface area contributed by atoms with E-state index in [1.807, 2.05) is 18.2 Å². The van der Waals surface area contributed by atoms with Crippen LogP contribution >= 0.6 is 0 Å². The van der Waals surface area contributed by atoms with Crippen molar-refractivity contribution in [3.8, 4) is 0 Å². The molecule has 13 heavy (non-hydrogen) atoms. The average molecular weight is 174 g/mol. The minimum atomic E-state index is -0.261. The monoisotopic (exact) mass is 174 g/mol. The van der Waals surface area contributed by atoms with E-state index in [2.05, 4.69) is 10.8 Å². The molecule has 0 amide bonds. The SMILES string of the molecule is COC(=O)c1cccc2c1C=CC2. The van der Waals surface area contributed by atoms with E-state index in [1.165, 1.54) is 12.7 Å². The normalized spacial score (nSPS) is 12.7. The van der Waals surface area contributed by atoms with Crippen LogP contribution in [0.3, 0.4) is 0 Å². The number of rotatable bonds is 1. The first-order valence-corrected chi connectivity index (χ1v) is 4.19. The van der Waals surface area contributed by atoms with Crippen LogP contribution in [-0.2, 0) is 11.2 Å². The Bertz CT molecular complexity index is 378. The molecule has 0 heterocycles. The van der Waals surface area contributed by atoms with Gasteiger partial charge in [0.15, 0.2) is 0 Å². The number of ether oxygens (including phenoxy) is 1. The number of fused-ring (bicyclic) bond motifs is 1. The zero-order valence-corrected chi connectivity index (χ0v) is 7.41. The van der Waals surface area contributed by atoms with Gasteiger partial charge in [-0.25, -0.2) is 4.79 Å². The summed E-state index contributed by atoms with van der Waals surface area (Å²) in [6.45, 7) is 0. The lowest BCUT2D eigenvalue weighted by Crippen LogP contribution is -2.04. The van der Waals surface area contributed by atoms with E-state index in [4.69, 9.17) is 0 Å². The van der Waals surface area contributed by atoms with Crippen LogP contribution in [0.1, 0.15) is 21.5 Å². The van der Waals surface area contributed by atoms with E-state index in [0.29, 0.717) is 5.56 Å². The van der Waals surface area contributed by atoms with Gasteiger partial charge in [-0.3, -0.25) is 0 Å². The molecule has 0 saturated carbocycles. The lowest BCUT2D eigenvalue weighted by Gasteiger charge is -2.04. The number of carbonyl (C=O) groups excluding carboxylic acids is 1. The molecule has 0 saturated heterocycles. The van der Waals surface area contributed by atoms with Crippen molar-refractivity contribution in [1.82, 2.24) is 0 Å². The Morgan fingerprint density at radius 3 is 3.08 bits per heavy atom. The quantitative estimate of drug-likeness (QED) is 0.609. The molecule has 0 fully saturated rings. The van der Waals surface area contributed by atoms with Crippen molar-refractivity contribution in [2.75, 3.05) is 7.11 Å². The Morgan fingerprint density at radius 1 is 1.46 bits per heavy atom. The van der Waals surface area contributed by atoms with Gasteiger partial charge in [0.1, 0.15) is 0 Å². The highest BCUT2D eigenvalue weighted by Gasteiger charge is 2.14. The molecule has 0 aromatic heterocycles. The molecule has 1 aromatic rings. The molecule has 0 radical (unpaired) electrons. The van der Waals surface area contributed by atoms with Gasteiger partial charge in [0, 0.05) is 0 Å². The third-order valence-electron chi connectivity index (χ3n) is 2.22. The van der Waals surface area contributed by atoms with E-state index in [-0.39, 0.29) is 5.97 Å². The highest BCUT2D eigenvalue weighted by Crippen LogP contribution is 2.23. The molecular weight excluding hydrogens is 164 g/mol. The van der Waals surface area contributed by atoms with Crippen molar-refractivity contribution in [1.29, 1.82) is 0 Å². The molecule has 2 nitrogen and oxygen atoms in total. The zero-order valence-electron chi connectivity index (χ0n) is 7.41. The number of esters is 1. The van der Waals surface area contributed by atoms with Gasteiger partial charge in [0.2, 0.25) is 0 Å². The highest BCUT2D eigenvalue weighted by atomic mass is 16.5. The Kier molecular flexibility index (Phi) is 1.89. The van der Waals surface area contributed by atoms with Gasteiger partial charge in [-0.05, 0) is 23.6 Å². The van der Waals surface area contributed by atoms with Gasteiger partial charge >= 0.3 is 5.97 Å². The molecule has 0 atom stereocenters. The predicted molar refractivity (Wildman–Crippen MR) is 50.5 cm³/mol. The lowest BCUT2D eigenvalue weighted by atomic mass is 10.0. The molecular formula is C11H10O2. The minimum Gasteiger partial charge on any atom is -0.465 e. The third-order valence-corrected chi connectivity index (χ3v) is 2.22. The van der Waals surface area contributed by atoms with Crippen LogP contribution in [0.5, 0.6) is 0 Å². The smallest absolute Gasteiger partial charge is 0.338 e. The number of methoxy groups -OCH3 is 1. The van der Waals surface area contributed by atoms with Gasteiger partial charge in [-0.2, -0.15) is 0 Å². The maximum absolute atomic E-state index is 11.3. The summed E-state index contributed by atoms with van der Waals surface area (Å²) in [6.07, 6.45) is 4.94. The minimum absolute atomic E-state index is 0.261. The lowest BCUT2D eigenvalue weighted by molar-refractivity contribution is 0.0600.